The second-order valence-electron chi connectivity index (χ2n) is 4.83. The molecule has 3 rings (SSSR count). The molecule has 0 fully saturated rings. The molecule has 24 heavy (non-hydrogen) atoms. The first-order valence-corrected chi connectivity index (χ1v) is 8.54. The highest BCUT2D eigenvalue weighted by Gasteiger charge is 2.23. The van der Waals surface area contributed by atoms with Gasteiger partial charge in [-0.05, 0) is 46.3 Å². The lowest BCUT2D eigenvalue weighted by molar-refractivity contribution is 0.0689. The van der Waals surface area contributed by atoms with E-state index in [9.17, 15) is 9.90 Å². The lowest BCUT2D eigenvalue weighted by atomic mass is 10.1. The molecule has 1 heterocycles. The molecule has 1 aromatic heterocycles. The van der Waals surface area contributed by atoms with Gasteiger partial charge in [-0.1, -0.05) is 46.9 Å². The van der Waals surface area contributed by atoms with Crippen LogP contribution in [0.25, 0.3) is 16.9 Å². The molecule has 8 heteroatoms. The van der Waals surface area contributed by atoms with E-state index in [4.69, 9.17) is 34.8 Å². The van der Waals surface area contributed by atoms with Gasteiger partial charge in [0, 0.05) is 15.6 Å². The maximum atomic E-state index is 11.5. The zero-order valence-corrected chi connectivity index (χ0v) is 15.7. The predicted molar refractivity (Wildman–Crippen MR) is 98.7 cm³/mol. The molecular weight excluding hydrogens is 438 g/mol. The number of carboxylic acid groups (broad SMARTS) is 1. The van der Waals surface area contributed by atoms with E-state index < -0.39 is 5.97 Å². The molecule has 0 radical (unpaired) electrons. The van der Waals surface area contributed by atoms with Crippen molar-refractivity contribution < 1.29 is 9.90 Å². The van der Waals surface area contributed by atoms with E-state index in [0.717, 1.165) is 5.56 Å². The van der Waals surface area contributed by atoms with Crippen molar-refractivity contribution in [3.63, 3.8) is 0 Å². The van der Waals surface area contributed by atoms with Crippen LogP contribution < -0.4 is 0 Å². The van der Waals surface area contributed by atoms with E-state index in [1.165, 1.54) is 4.68 Å². The van der Waals surface area contributed by atoms with E-state index in [1.54, 1.807) is 42.5 Å². The number of nitrogens with zero attached hydrogens (tertiary/aromatic N) is 2. The van der Waals surface area contributed by atoms with Gasteiger partial charge in [-0.2, -0.15) is 5.10 Å². The minimum Gasteiger partial charge on any atom is -0.476 e. The fraction of sp³-hybridized carbons (Fsp3) is 0. The van der Waals surface area contributed by atoms with Crippen molar-refractivity contribution in [3.05, 3.63) is 67.7 Å². The summed E-state index contributed by atoms with van der Waals surface area (Å²) < 4.78 is 1.82. The number of carbonyl (C=O) groups is 1. The highest BCUT2D eigenvalue weighted by Crippen LogP contribution is 2.36. The molecule has 0 bridgehead atoms. The maximum Gasteiger partial charge on any atom is 0.357 e. The summed E-state index contributed by atoms with van der Waals surface area (Å²) in [6, 6.07) is 11.9. The topological polar surface area (TPSA) is 55.1 Å². The molecule has 2 aromatic carbocycles. The number of benzene rings is 2. The Morgan fingerprint density at radius 1 is 1.04 bits per heavy atom. The maximum absolute atomic E-state index is 11.5. The summed E-state index contributed by atoms with van der Waals surface area (Å²) in [5.41, 5.74) is 1.68. The van der Waals surface area contributed by atoms with Gasteiger partial charge in [0.2, 0.25) is 0 Å². The molecule has 0 saturated carbocycles. The van der Waals surface area contributed by atoms with Gasteiger partial charge in [0.15, 0.2) is 5.69 Å². The minimum atomic E-state index is -1.15. The van der Waals surface area contributed by atoms with Gasteiger partial charge >= 0.3 is 5.97 Å². The van der Waals surface area contributed by atoms with Gasteiger partial charge in [-0.25, -0.2) is 9.48 Å². The SMILES string of the molecule is O=C(O)c1nn(-c2ccc(Cl)cc2Cl)c(-c2ccc(Cl)cc2)c1Br. The molecular formula is C16H8BrCl3N2O2. The van der Waals surface area contributed by atoms with Crippen molar-refractivity contribution in [3.8, 4) is 16.9 Å². The van der Waals surface area contributed by atoms with Crippen LogP contribution in [0.4, 0.5) is 0 Å². The summed E-state index contributed by atoms with van der Waals surface area (Å²) in [5.74, 6) is -1.15. The van der Waals surface area contributed by atoms with Crippen molar-refractivity contribution in [2.45, 2.75) is 0 Å². The third-order valence-electron chi connectivity index (χ3n) is 3.29. The van der Waals surface area contributed by atoms with Crippen LogP contribution in [0.5, 0.6) is 0 Å². The Hall–Kier alpha value is -1.53. The molecule has 1 N–H and O–H groups in total. The number of hydrogen-bond donors (Lipinski definition) is 1. The van der Waals surface area contributed by atoms with E-state index in [0.29, 0.717) is 30.9 Å². The normalized spacial score (nSPS) is 10.8. The molecule has 122 valence electrons. The van der Waals surface area contributed by atoms with E-state index in [-0.39, 0.29) is 5.69 Å². The second kappa shape index (κ2) is 6.76. The fourth-order valence-corrected chi connectivity index (χ4v) is 3.48. The van der Waals surface area contributed by atoms with Gasteiger partial charge < -0.3 is 5.11 Å². The van der Waals surface area contributed by atoms with E-state index >= 15 is 0 Å². The number of hydrogen-bond acceptors (Lipinski definition) is 2. The van der Waals surface area contributed by atoms with Gasteiger partial charge in [0.25, 0.3) is 0 Å². The molecule has 0 aliphatic carbocycles. The average Bonchev–Trinajstić information content (AvgIpc) is 2.86. The number of aromatic nitrogens is 2. The first-order valence-electron chi connectivity index (χ1n) is 6.61. The minimum absolute atomic E-state index is 0.119. The quantitative estimate of drug-likeness (QED) is 0.540. The number of aromatic carboxylic acids is 1. The molecule has 0 aliphatic heterocycles. The largest absolute Gasteiger partial charge is 0.476 e. The molecule has 0 aliphatic rings. The summed E-state index contributed by atoms with van der Waals surface area (Å²) in [4.78, 5) is 11.5. The summed E-state index contributed by atoms with van der Waals surface area (Å²) >= 11 is 21.5. The Labute approximate surface area is 160 Å². The third kappa shape index (κ3) is 3.17. The Balaban J connectivity index is 2.30. The summed E-state index contributed by atoms with van der Waals surface area (Å²) in [6.45, 7) is 0. The van der Waals surface area contributed by atoms with Gasteiger partial charge in [-0.15, -0.1) is 0 Å². The number of halogens is 4. The molecule has 0 unspecified atom stereocenters. The van der Waals surface area contributed by atoms with Gasteiger partial charge in [0.1, 0.15) is 0 Å². The second-order valence-corrected chi connectivity index (χ2v) is 6.90. The zero-order chi connectivity index (χ0) is 17.4. The van der Waals surface area contributed by atoms with Crippen LogP contribution >= 0.6 is 50.7 Å². The lowest BCUT2D eigenvalue weighted by Gasteiger charge is -2.10. The van der Waals surface area contributed by atoms with Crippen molar-refractivity contribution in [2.24, 2.45) is 0 Å². The van der Waals surface area contributed by atoms with Crippen LogP contribution in [0.3, 0.4) is 0 Å². The lowest BCUT2D eigenvalue weighted by Crippen LogP contribution is -2.03. The van der Waals surface area contributed by atoms with Crippen LogP contribution in [0.2, 0.25) is 15.1 Å². The first-order chi connectivity index (χ1) is 11.4. The van der Waals surface area contributed by atoms with Crippen molar-refractivity contribution in [2.75, 3.05) is 0 Å². The van der Waals surface area contributed by atoms with Gasteiger partial charge in [0.05, 0.1) is 20.9 Å². The highest BCUT2D eigenvalue weighted by molar-refractivity contribution is 9.10. The van der Waals surface area contributed by atoms with Crippen LogP contribution in [0, 0.1) is 0 Å². The molecule has 0 amide bonds. The van der Waals surface area contributed by atoms with Crippen LogP contribution in [0.1, 0.15) is 10.5 Å². The average molecular weight is 447 g/mol. The van der Waals surface area contributed by atoms with Crippen LogP contribution in [0.15, 0.2) is 46.9 Å². The molecule has 3 aromatic rings. The number of carboxylic acids is 1. The monoisotopic (exact) mass is 444 g/mol. The summed E-state index contributed by atoms with van der Waals surface area (Å²) in [6.07, 6.45) is 0. The van der Waals surface area contributed by atoms with Crippen molar-refractivity contribution >= 4 is 56.7 Å². The standard InChI is InChI=1S/C16H8BrCl3N2O2/c17-13-14(16(23)24)21-22(12-6-5-10(19)7-11(12)20)15(13)8-1-3-9(18)4-2-8/h1-7H,(H,23,24). The van der Waals surface area contributed by atoms with Crippen LogP contribution in [-0.2, 0) is 0 Å². The van der Waals surface area contributed by atoms with E-state index in [1.807, 2.05) is 0 Å². The molecule has 0 saturated heterocycles. The first kappa shape index (κ1) is 17.3. The smallest absolute Gasteiger partial charge is 0.357 e. The van der Waals surface area contributed by atoms with Gasteiger partial charge in [-0.3, -0.25) is 0 Å². The predicted octanol–water partition coefficient (Wildman–Crippen LogP) is 5.96. The van der Waals surface area contributed by atoms with E-state index in [2.05, 4.69) is 21.0 Å². The Morgan fingerprint density at radius 3 is 2.25 bits per heavy atom. The summed E-state index contributed by atoms with van der Waals surface area (Å²) in [7, 11) is 0. The van der Waals surface area contributed by atoms with Crippen LogP contribution in [-0.4, -0.2) is 20.9 Å². The highest BCUT2D eigenvalue weighted by atomic mass is 79.9. The van der Waals surface area contributed by atoms with Crippen molar-refractivity contribution in [1.29, 1.82) is 0 Å². The molecule has 0 atom stereocenters. The Bertz CT molecular complexity index is 939. The number of rotatable bonds is 3. The molecule has 0 spiro atoms. The Kier molecular flexibility index (Phi) is 4.88. The molecule has 4 nitrogen and oxygen atoms in total. The third-order valence-corrected chi connectivity index (χ3v) is 4.83. The van der Waals surface area contributed by atoms with Crippen molar-refractivity contribution in [1.82, 2.24) is 9.78 Å². The zero-order valence-electron chi connectivity index (χ0n) is 11.8. The summed E-state index contributed by atoms with van der Waals surface area (Å²) in [5, 5.41) is 15.0. The Morgan fingerprint density at radius 2 is 1.67 bits per heavy atom. The fourth-order valence-electron chi connectivity index (χ4n) is 2.22.